The maximum absolute atomic E-state index is 11.5. The lowest BCUT2D eigenvalue weighted by Gasteiger charge is -2.32. The predicted molar refractivity (Wildman–Crippen MR) is 81.9 cm³/mol. The lowest BCUT2D eigenvalue weighted by Crippen LogP contribution is -2.45. The molecule has 2 heterocycles. The van der Waals surface area contributed by atoms with E-state index in [1.165, 1.54) is 13.4 Å². The molecule has 1 saturated carbocycles. The Morgan fingerprint density at radius 1 is 1.23 bits per heavy atom. The number of ether oxygens (including phenoxy) is 1. The highest BCUT2D eigenvalue weighted by Gasteiger charge is 2.57. The van der Waals surface area contributed by atoms with Crippen LogP contribution >= 0.6 is 0 Å². The van der Waals surface area contributed by atoms with E-state index in [0.29, 0.717) is 17.8 Å². The van der Waals surface area contributed by atoms with Crippen molar-refractivity contribution in [2.75, 3.05) is 46.1 Å². The van der Waals surface area contributed by atoms with Gasteiger partial charge in [0.25, 0.3) is 0 Å². The number of hydrogen-bond donors (Lipinski definition) is 1. The fraction of sp³-hybridized carbons (Fsp3) is 0.929. The Morgan fingerprint density at radius 3 is 2.32 bits per heavy atom. The maximum atomic E-state index is 11.5. The first-order valence-corrected chi connectivity index (χ1v) is 9.79. The van der Waals surface area contributed by atoms with Crippen LogP contribution in [0.3, 0.4) is 0 Å². The van der Waals surface area contributed by atoms with Crippen LogP contribution < -0.4 is 4.72 Å². The Morgan fingerprint density at radius 2 is 1.82 bits per heavy atom. The number of carbonyl (C=O) groups excluding carboxylic acids is 1. The molecule has 1 aliphatic carbocycles. The highest BCUT2D eigenvalue weighted by Crippen LogP contribution is 2.52. The molecule has 1 N–H and O–H groups in total. The van der Waals surface area contributed by atoms with Crippen molar-refractivity contribution >= 4 is 16.1 Å². The summed E-state index contributed by atoms with van der Waals surface area (Å²) in [6.07, 6.45) is 2.77. The Bertz CT molecular complexity index is 518. The summed E-state index contributed by atoms with van der Waals surface area (Å²) in [6.45, 7) is 4.63. The van der Waals surface area contributed by atoms with Crippen LogP contribution in [0.2, 0.25) is 0 Å². The van der Waals surface area contributed by atoms with Gasteiger partial charge in [-0.15, -0.1) is 0 Å². The van der Waals surface area contributed by atoms with Gasteiger partial charge < -0.3 is 14.5 Å². The number of nitrogens with zero attached hydrogens (tertiary/aromatic N) is 2. The van der Waals surface area contributed by atoms with Crippen LogP contribution in [0.4, 0.5) is 4.79 Å². The number of hydrogen-bond acceptors (Lipinski definition) is 5. The van der Waals surface area contributed by atoms with E-state index < -0.39 is 10.0 Å². The van der Waals surface area contributed by atoms with E-state index in [1.54, 1.807) is 4.90 Å². The van der Waals surface area contributed by atoms with E-state index in [1.807, 2.05) is 0 Å². The van der Waals surface area contributed by atoms with Crippen LogP contribution in [0.5, 0.6) is 0 Å². The van der Waals surface area contributed by atoms with Crippen molar-refractivity contribution in [1.82, 2.24) is 14.5 Å². The van der Waals surface area contributed by atoms with Crippen LogP contribution in [0, 0.1) is 17.8 Å². The van der Waals surface area contributed by atoms with E-state index in [4.69, 9.17) is 4.74 Å². The van der Waals surface area contributed by atoms with Crippen molar-refractivity contribution in [3.05, 3.63) is 0 Å². The van der Waals surface area contributed by atoms with Gasteiger partial charge in [-0.25, -0.2) is 17.9 Å². The molecular weight excluding hydrogens is 306 g/mol. The standard InChI is InChI=1S/C14H25N3O4S/c1-21-14(18)17-8-12-11(13(12)9-17)7-16-5-3-10(4-6-16)15-22(2,19)20/h10-13,15H,3-9H2,1-2H3/t11?,12-,13+. The highest BCUT2D eigenvalue weighted by molar-refractivity contribution is 7.88. The molecule has 0 radical (unpaired) electrons. The Hall–Kier alpha value is -0.860. The number of rotatable bonds is 4. The van der Waals surface area contributed by atoms with Crippen LogP contribution in [-0.4, -0.2) is 76.4 Å². The Balaban J connectivity index is 1.38. The number of carbonyl (C=O) groups is 1. The van der Waals surface area contributed by atoms with E-state index in [-0.39, 0.29) is 12.1 Å². The third-order valence-electron chi connectivity index (χ3n) is 5.24. The molecule has 0 aromatic rings. The molecule has 0 bridgehead atoms. The van der Waals surface area contributed by atoms with Crippen molar-refractivity contribution < 1.29 is 17.9 Å². The summed E-state index contributed by atoms with van der Waals surface area (Å²) in [5.41, 5.74) is 0. The monoisotopic (exact) mass is 331 g/mol. The van der Waals surface area contributed by atoms with E-state index >= 15 is 0 Å². The van der Waals surface area contributed by atoms with Crippen molar-refractivity contribution in [2.45, 2.75) is 18.9 Å². The third kappa shape index (κ3) is 3.55. The normalized spacial score (nSPS) is 32.8. The van der Waals surface area contributed by atoms with Crippen molar-refractivity contribution in [1.29, 1.82) is 0 Å². The minimum Gasteiger partial charge on any atom is -0.453 e. The summed E-state index contributed by atoms with van der Waals surface area (Å²) >= 11 is 0. The quantitative estimate of drug-likeness (QED) is 0.781. The number of amides is 1. The molecule has 0 spiro atoms. The van der Waals surface area contributed by atoms with Gasteiger partial charge in [-0.3, -0.25) is 0 Å². The molecule has 3 rings (SSSR count). The Labute approximate surface area is 132 Å². The average molecular weight is 331 g/mol. The van der Waals surface area contributed by atoms with Crippen molar-refractivity contribution in [2.24, 2.45) is 17.8 Å². The maximum Gasteiger partial charge on any atom is 0.409 e. The lowest BCUT2D eigenvalue weighted by molar-refractivity contribution is 0.123. The molecule has 3 atom stereocenters. The Kier molecular flexibility index (Phi) is 4.35. The zero-order chi connectivity index (χ0) is 15.9. The number of likely N-dealkylation sites (tertiary alicyclic amines) is 2. The minimum atomic E-state index is -3.10. The van der Waals surface area contributed by atoms with Crippen LogP contribution in [0.25, 0.3) is 0 Å². The SMILES string of the molecule is COC(=O)N1C[C@@H]2C(CN3CCC(NS(C)(=O)=O)CC3)[C@@H]2C1. The molecule has 3 fully saturated rings. The molecule has 8 heteroatoms. The fourth-order valence-electron chi connectivity index (χ4n) is 4.03. The van der Waals surface area contributed by atoms with Gasteiger partial charge in [-0.1, -0.05) is 0 Å². The van der Waals surface area contributed by atoms with Crippen LogP contribution in [0.15, 0.2) is 0 Å². The lowest BCUT2D eigenvalue weighted by atomic mass is 10.1. The number of methoxy groups -OCH3 is 1. The molecule has 126 valence electrons. The number of fused-ring (bicyclic) bond motifs is 1. The average Bonchev–Trinajstić information content (AvgIpc) is 2.90. The molecule has 1 amide bonds. The smallest absolute Gasteiger partial charge is 0.409 e. The van der Waals surface area contributed by atoms with Gasteiger partial charge in [0.2, 0.25) is 10.0 Å². The van der Waals surface area contributed by atoms with Crippen LogP contribution in [-0.2, 0) is 14.8 Å². The van der Waals surface area contributed by atoms with Gasteiger partial charge >= 0.3 is 6.09 Å². The fourth-order valence-corrected chi connectivity index (χ4v) is 4.87. The summed E-state index contributed by atoms with van der Waals surface area (Å²) in [6, 6.07) is 0.0831. The molecule has 3 aliphatic rings. The molecule has 0 aromatic heterocycles. The van der Waals surface area contributed by atoms with Gasteiger partial charge in [0.1, 0.15) is 0 Å². The first kappa shape index (κ1) is 16.0. The van der Waals surface area contributed by atoms with Gasteiger partial charge in [-0.05, 0) is 43.7 Å². The van der Waals surface area contributed by atoms with Crippen molar-refractivity contribution in [3.63, 3.8) is 0 Å². The zero-order valence-corrected chi connectivity index (χ0v) is 14.0. The second-order valence-electron chi connectivity index (χ2n) is 6.83. The largest absolute Gasteiger partial charge is 0.453 e. The van der Waals surface area contributed by atoms with Gasteiger partial charge in [0.15, 0.2) is 0 Å². The van der Waals surface area contributed by atoms with E-state index in [9.17, 15) is 13.2 Å². The summed E-state index contributed by atoms with van der Waals surface area (Å²) in [5.74, 6) is 1.96. The topological polar surface area (TPSA) is 79.0 Å². The molecule has 7 nitrogen and oxygen atoms in total. The third-order valence-corrected chi connectivity index (χ3v) is 6.00. The highest BCUT2D eigenvalue weighted by atomic mass is 32.2. The number of piperidine rings is 2. The van der Waals surface area contributed by atoms with Gasteiger partial charge in [-0.2, -0.15) is 0 Å². The van der Waals surface area contributed by atoms with E-state index in [0.717, 1.165) is 45.6 Å². The number of nitrogens with one attached hydrogen (secondary N) is 1. The minimum absolute atomic E-state index is 0.0831. The molecule has 2 aliphatic heterocycles. The summed E-state index contributed by atoms with van der Waals surface area (Å²) in [7, 11) is -1.67. The van der Waals surface area contributed by atoms with Crippen LogP contribution in [0.1, 0.15) is 12.8 Å². The number of sulfonamides is 1. The first-order valence-electron chi connectivity index (χ1n) is 7.90. The molecule has 22 heavy (non-hydrogen) atoms. The molecular formula is C14H25N3O4S. The molecule has 2 saturated heterocycles. The van der Waals surface area contributed by atoms with Gasteiger partial charge in [0, 0.05) is 25.7 Å². The zero-order valence-electron chi connectivity index (χ0n) is 13.2. The van der Waals surface area contributed by atoms with Crippen molar-refractivity contribution in [3.8, 4) is 0 Å². The second-order valence-corrected chi connectivity index (χ2v) is 8.61. The molecule has 0 aromatic carbocycles. The summed E-state index contributed by atoms with van der Waals surface area (Å²) < 4.78 is 29.9. The second kappa shape index (κ2) is 5.98. The summed E-state index contributed by atoms with van der Waals surface area (Å²) in [5, 5.41) is 0. The predicted octanol–water partition coefficient (Wildman–Crippen LogP) is -0.0558. The van der Waals surface area contributed by atoms with E-state index in [2.05, 4.69) is 9.62 Å². The first-order chi connectivity index (χ1) is 10.4. The van der Waals surface area contributed by atoms with Gasteiger partial charge in [0.05, 0.1) is 13.4 Å². The summed E-state index contributed by atoms with van der Waals surface area (Å²) in [4.78, 5) is 15.7. The molecule has 1 unspecified atom stereocenters.